The van der Waals surface area contributed by atoms with Crippen LogP contribution in [0.4, 0.5) is 0 Å². The molecule has 112 valence electrons. The summed E-state index contributed by atoms with van der Waals surface area (Å²) in [5.41, 5.74) is 0. The van der Waals surface area contributed by atoms with Crippen LogP contribution >= 0.6 is 0 Å². The zero-order valence-electron chi connectivity index (χ0n) is 13.2. The lowest BCUT2D eigenvalue weighted by Crippen LogP contribution is -2.45. The first-order chi connectivity index (χ1) is 9.22. The average molecular weight is 267 g/mol. The van der Waals surface area contributed by atoms with E-state index in [9.17, 15) is 0 Å². The van der Waals surface area contributed by atoms with Gasteiger partial charge in [0.2, 0.25) is 0 Å². The maximum atomic E-state index is 3.54. The normalized spacial score (nSPS) is 30.2. The molecule has 0 amide bonds. The maximum Gasteiger partial charge on any atom is 0.0235 e. The molecule has 2 saturated heterocycles. The molecular weight excluding hydrogens is 234 g/mol. The van der Waals surface area contributed by atoms with Crippen molar-refractivity contribution in [3.8, 4) is 0 Å². The van der Waals surface area contributed by atoms with Crippen molar-refractivity contribution in [3.05, 3.63) is 0 Å². The minimum Gasteiger partial charge on any atom is -0.315 e. The average Bonchev–Trinajstić information content (AvgIpc) is 2.80. The van der Waals surface area contributed by atoms with Crippen LogP contribution in [0.25, 0.3) is 0 Å². The Morgan fingerprint density at radius 1 is 1.16 bits per heavy atom. The number of hydrogen-bond acceptors (Lipinski definition) is 3. The van der Waals surface area contributed by atoms with E-state index in [-0.39, 0.29) is 0 Å². The van der Waals surface area contributed by atoms with E-state index in [0.29, 0.717) is 6.04 Å². The van der Waals surface area contributed by atoms with Crippen molar-refractivity contribution in [2.75, 3.05) is 32.7 Å². The zero-order chi connectivity index (χ0) is 13.7. The largest absolute Gasteiger partial charge is 0.315 e. The summed E-state index contributed by atoms with van der Waals surface area (Å²) >= 11 is 0. The highest BCUT2D eigenvalue weighted by atomic mass is 15.2. The fourth-order valence-electron chi connectivity index (χ4n) is 3.79. The summed E-state index contributed by atoms with van der Waals surface area (Å²) in [6, 6.07) is 2.34. The second-order valence-electron chi connectivity index (χ2n) is 6.60. The van der Waals surface area contributed by atoms with Gasteiger partial charge in [0.25, 0.3) is 0 Å². The molecule has 2 aliphatic rings. The summed E-state index contributed by atoms with van der Waals surface area (Å²) in [5.74, 6) is 0. The van der Waals surface area contributed by atoms with Crippen LogP contribution in [0.3, 0.4) is 0 Å². The third kappa shape index (κ3) is 4.17. The fraction of sp³-hybridized carbons (Fsp3) is 1.00. The quantitative estimate of drug-likeness (QED) is 0.825. The first-order valence-corrected chi connectivity index (χ1v) is 8.43. The Labute approximate surface area is 119 Å². The highest BCUT2D eigenvalue weighted by Crippen LogP contribution is 2.22. The van der Waals surface area contributed by atoms with Crippen molar-refractivity contribution in [2.24, 2.45) is 0 Å². The molecule has 2 aliphatic heterocycles. The summed E-state index contributed by atoms with van der Waals surface area (Å²) in [4.78, 5) is 5.50. The SMILES string of the molecule is CCCN(C1CCCN(C(C)C)CC1)C1CCNC1. The maximum absolute atomic E-state index is 3.54. The molecule has 0 aliphatic carbocycles. The third-order valence-electron chi connectivity index (χ3n) is 4.92. The van der Waals surface area contributed by atoms with E-state index >= 15 is 0 Å². The molecule has 2 rings (SSSR count). The summed E-state index contributed by atoms with van der Waals surface area (Å²) in [7, 11) is 0. The highest BCUT2D eigenvalue weighted by Gasteiger charge is 2.29. The van der Waals surface area contributed by atoms with Crippen molar-refractivity contribution >= 4 is 0 Å². The first kappa shape index (κ1) is 15.3. The molecule has 19 heavy (non-hydrogen) atoms. The molecule has 0 aromatic rings. The van der Waals surface area contributed by atoms with Gasteiger partial charge in [0.05, 0.1) is 0 Å². The predicted octanol–water partition coefficient (Wildman–Crippen LogP) is 2.32. The Morgan fingerprint density at radius 2 is 2.00 bits per heavy atom. The summed E-state index contributed by atoms with van der Waals surface area (Å²) in [6.45, 7) is 13.3. The Balaban J connectivity index is 1.93. The van der Waals surface area contributed by atoms with E-state index in [1.54, 1.807) is 0 Å². The van der Waals surface area contributed by atoms with E-state index in [1.165, 1.54) is 64.8 Å². The minimum absolute atomic E-state index is 0.714. The minimum atomic E-state index is 0.714. The first-order valence-electron chi connectivity index (χ1n) is 8.43. The lowest BCUT2D eigenvalue weighted by atomic mass is 10.0. The molecule has 0 aromatic heterocycles. The van der Waals surface area contributed by atoms with Gasteiger partial charge in [-0.2, -0.15) is 0 Å². The molecule has 2 unspecified atom stereocenters. The van der Waals surface area contributed by atoms with Gasteiger partial charge < -0.3 is 10.2 Å². The van der Waals surface area contributed by atoms with Crippen molar-refractivity contribution in [3.63, 3.8) is 0 Å². The van der Waals surface area contributed by atoms with E-state index in [4.69, 9.17) is 0 Å². The van der Waals surface area contributed by atoms with E-state index in [0.717, 1.165) is 12.1 Å². The van der Waals surface area contributed by atoms with Crippen molar-refractivity contribution in [1.82, 2.24) is 15.1 Å². The van der Waals surface area contributed by atoms with Crippen LogP contribution in [0.5, 0.6) is 0 Å². The number of nitrogens with zero attached hydrogens (tertiary/aromatic N) is 2. The second-order valence-corrected chi connectivity index (χ2v) is 6.60. The van der Waals surface area contributed by atoms with Crippen LogP contribution in [0.1, 0.15) is 52.9 Å². The van der Waals surface area contributed by atoms with Gasteiger partial charge >= 0.3 is 0 Å². The molecule has 0 radical (unpaired) electrons. The van der Waals surface area contributed by atoms with Crippen LogP contribution in [0.2, 0.25) is 0 Å². The third-order valence-corrected chi connectivity index (χ3v) is 4.92. The number of likely N-dealkylation sites (tertiary alicyclic amines) is 1. The predicted molar refractivity (Wildman–Crippen MR) is 82.6 cm³/mol. The molecule has 3 heteroatoms. The molecule has 1 N–H and O–H groups in total. The van der Waals surface area contributed by atoms with Crippen molar-refractivity contribution in [2.45, 2.75) is 71.0 Å². The monoisotopic (exact) mass is 267 g/mol. The molecule has 2 fully saturated rings. The van der Waals surface area contributed by atoms with Crippen LogP contribution in [-0.4, -0.2) is 60.6 Å². The van der Waals surface area contributed by atoms with Gasteiger partial charge in [-0.25, -0.2) is 0 Å². The molecule has 0 bridgehead atoms. The fourth-order valence-corrected chi connectivity index (χ4v) is 3.79. The van der Waals surface area contributed by atoms with Crippen molar-refractivity contribution < 1.29 is 0 Å². The smallest absolute Gasteiger partial charge is 0.0235 e. The van der Waals surface area contributed by atoms with Crippen LogP contribution in [0.15, 0.2) is 0 Å². The molecular formula is C16H33N3. The zero-order valence-corrected chi connectivity index (χ0v) is 13.2. The molecule has 0 saturated carbocycles. The van der Waals surface area contributed by atoms with Gasteiger partial charge in [0.15, 0.2) is 0 Å². The standard InChI is InChI=1S/C16H33N3/c1-4-10-19(16-7-9-17-13-16)15-6-5-11-18(12-8-15)14(2)3/h14-17H,4-13H2,1-3H3. The van der Waals surface area contributed by atoms with E-state index in [2.05, 4.69) is 35.9 Å². The van der Waals surface area contributed by atoms with E-state index < -0.39 is 0 Å². The second kappa shape index (κ2) is 7.61. The van der Waals surface area contributed by atoms with Crippen molar-refractivity contribution in [1.29, 1.82) is 0 Å². The van der Waals surface area contributed by atoms with E-state index in [1.807, 2.05) is 0 Å². The molecule has 2 heterocycles. The van der Waals surface area contributed by atoms with Gasteiger partial charge in [-0.1, -0.05) is 6.92 Å². The summed E-state index contributed by atoms with van der Waals surface area (Å²) in [6.07, 6.45) is 6.79. The summed E-state index contributed by atoms with van der Waals surface area (Å²) < 4.78 is 0. The molecule has 2 atom stereocenters. The van der Waals surface area contributed by atoms with Gasteiger partial charge in [-0.15, -0.1) is 0 Å². The Hall–Kier alpha value is -0.120. The number of rotatable bonds is 5. The van der Waals surface area contributed by atoms with Crippen LogP contribution in [-0.2, 0) is 0 Å². The number of hydrogen-bond donors (Lipinski definition) is 1. The molecule has 0 aromatic carbocycles. The lowest BCUT2D eigenvalue weighted by molar-refractivity contribution is 0.127. The molecule has 3 nitrogen and oxygen atoms in total. The van der Waals surface area contributed by atoms with Crippen LogP contribution in [0, 0.1) is 0 Å². The van der Waals surface area contributed by atoms with Crippen LogP contribution < -0.4 is 5.32 Å². The van der Waals surface area contributed by atoms with Gasteiger partial charge in [0.1, 0.15) is 0 Å². The van der Waals surface area contributed by atoms with Gasteiger partial charge in [0, 0.05) is 24.7 Å². The van der Waals surface area contributed by atoms with Gasteiger partial charge in [-0.05, 0) is 72.1 Å². The number of nitrogens with one attached hydrogen (secondary N) is 1. The Bertz CT molecular complexity index is 248. The lowest BCUT2D eigenvalue weighted by Gasteiger charge is -2.36. The topological polar surface area (TPSA) is 18.5 Å². The Kier molecular flexibility index (Phi) is 6.11. The Morgan fingerprint density at radius 3 is 2.63 bits per heavy atom. The summed E-state index contributed by atoms with van der Waals surface area (Å²) in [5, 5.41) is 3.54. The molecule has 0 spiro atoms. The van der Waals surface area contributed by atoms with Gasteiger partial charge in [-0.3, -0.25) is 4.90 Å². The highest BCUT2D eigenvalue weighted by molar-refractivity contribution is 4.87.